The largest absolute Gasteiger partial charge is 0.321 e. The molecule has 0 bridgehead atoms. The summed E-state index contributed by atoms with van der Waals surface area (Å²) in [6, 6.07) is -0.266. The van der Waals surface area contributed by atoms with Crippen molar-refractivity contribution in [2.75, 3.05) is 12.0 Å². The van der Waals surface area contributed by atoms with Crippen LogP contribution in [0.25, 0.3) is 0 Å². The van der Waals surface area contributed by atoms with E-state index < -0.39 is 0 Å². The molecule has 2 N–H and O–H groups in total. The van der Waals surface area contributed by atoms with Crippen molar-refractivity contribution in [2.24, 2.45) is 5.73 Å². The van der Waals surface area contributed by atoms with Gasteiger partial charge < -0.3 is 5.73 Å². The Bertz CT molecular complexity index is 147. The minimum atomic E-state index is -0.266. The quantitative estimate of drug-likeness (QED) is 0.616. The number of carbonyl (C=O) groups is 1. The third kappa shape index (κ3) is 5.38. The number of ketones is 1. The molecule has 0 unspecified atom stereocenters. The summed E-state index contributed by atoms with van der Waals surface area (Å²) in [4.78, 5) is 11.2. The fourth-order valence-electron chi connectivity index (χ4n) is 0.836. The Balaban J connectivity index is 3.53. The van der Waals surface area contributed by atoms with Crippen LogP contribution in [0.15, 0.2) is 12.7 Å². The molecule has 3 heteroatoms. The van der Waals surface area contributed by atoms with Crippen molar-refractivity contribution in [3.8, 4) is 0 Å². The first kappa shape index (κ1) is 11.7. The van der Waals surface area contributed by atoms with Crippen molar-refractivity contribution >= 4 is 17.5 Å². The van der Waals surface area contributed by atoms with Crippen molar-refractivity contribution in [2.45, 2.75) is 25.3 Å². The van der Waals surface area contributed by atoms with Gasteiger partial charge in [0.1, 0.15) is 5.78 Å². The van der Waals surface area contributed by atoms with Crippen molar-refractivity contribution in [3.63, 3.8) is 0 Å². The van der Waals surface area contributed by atoms with E-state index in [1.807, 2.05) is 6.26 Å². The lowest BCUT2D eigenvalue weighted by molar-refractivity contribution is -0.120. The second-order valence-corrected chi connectivity index (χ2v) is 3.67. The number of nitrogens with two attached hydrogens (primary N) is 1. The van der Waals surface area contributed by atoms with Crippen LogP contribution in [0.2, 0.25) is 0 Å². The molecule has 0 aliphatic carbocycles. The fraction of sp³-hybridized carbons (Fsp3) is 0.667. The van der Waals surface area contributed by atoms with E-state index >= 15 is 0 Å². The fourth-order valence-corrected chi connectivity index (χ4v) is 1.33. The predicted molar refractivity (Wildman–Crippen MR) is 55.4 cm³/mol. The van der Waals surface area contributed by atoms with E-state index in [0.717, 1.165) is 18.6 Å². The van der Waals surface area contributed by atoms with Gasteiger partial charge >= 0.3 is 0 Å². The molecule has 0 heterocycles. The average Bonchev–Trinajstić information content (AvgIpc) is 2.10. The molecular formula is C9H17NOS. The third-order valence-electron chi connectivity index (χ3n) is 1.64. The topological polar surface area (TPSA) is 43.1 Å². The first-order valence-electron chi connectivity index (χ1n) is 4.10. The molecule has 0 aromatic heterocycles. The van der Waals surface area contributed by atoms with Crippen LogP contribution < -0.4 is 5.73 Å². The number of hydrogen-bond donors (Lipinski definition) is 1. The highest BCUT2D eigenvalue weighted by Crippen LogP contribution is 2.02. The van der Waals surface area contributed by atoms with Crippen LogP contribution in [0, 0.1) is 0 Å². The van der Waals surface area contributed by atoms with Gasteiger partial charge in [-0.25, -0.2) is 0 Å². The summed E-state index contributed by atoms with van der Waals surface area (Å²) in [5, 5.41) is 0. The van der Waals surface area contributed by atoms with Crippen LogP contribution >= 0.6 is 11.8 Å². The van der Waals surface area contributed by atoms with Crippen molar-refractivity contribution < 1.29 is 4.79 Å². The van der Waals surface area contributed by atoms with E-state index in [0.29, 0.717) is 6.42 Å². The van der Waals surface area contributed by atoms with E-state index in [1.54, 1.807) is 17.8 Å². The maximum atomic E-state index is 11.2. The second-order valence-electron chi connectivity index (χ2n) is 2.68. The number of rotatable bonds is 7. The molecule has 0 fully saturated rings. The molecule has 2 nitrogen and oxygen atoms in total. The first-order valence-corrected chi connectivity index (χ1v) is 5.50. The van der Waals surface area contributed by atoms with Crippen molar-refractivity contribution in [3.05, 3.63) is 12.7 Å². The van der Waals surface area contributed by atoms with Crippen LogP contribution in [0.4, 0.5) is 0 Å². The molecular weight excluding hydrogens is 170 g/mol. The maximum Gasteiger partial charge on any atom is 0.149 e. The summed E-state index contributed by atoms with van der Waals surface area (Å²) in [7, 11) is 0. The number of carbonyl (C=O) groups excluding carboxylic acids is 1. The zero-order chi connectivity index (χ0) is 9.40. The van der Waals surface area contributed by atoms with Gasteiger partial charge in [0.05, 0.1) is 6.04 Å². The Labute approximate surface area is 78.6 Å². The van der Waals surface area contributed by atoms with E-state index in [4.69, 9.17) is 5.73 Å². The second kappa shape index (κ2) is 7.37. The number of Topliss-reactive ketones (excluding diaryl/α,β-unsaturated/α-hetero) is 1. The SMILES string of the molecule is C=CCCC(=O)[C@@H](N)CCSC. The summed E-state index contributed by atoms with van der Waals surface area (Å²) in [6.07, 6.45) is 5.84. The lowest BCUT2D eigenvalue weighted by Gasteiger charge is -2.07. The van der Waals surface area contributed by atoms with E-state index in [-0.39, 0.29) is 11.8 Å². The summed E-state index contributed by atoms with van der Waals surface area (Å²) >= 11 is 1.72. The Morgan fingerprint density at radius 1 is 1.75 bits per heavy atom. The Kier molecular flexibility index (Phi) is 7.20. The standard InChI is InChI=1S/C9H17NOS/c1-3-4-5-9(11)8(10)6-7-12-2/h3,8H,1,4-7,10H2,2H3/t8-/m0/s1. The highest BCUT2D eigenvalue weighted by atomic mass is 32.2. The molecule has 0 saturated heterocycles. The first-order chi connectivity index (χ1) is 5.72. The molecule has 0 saturated carbocycles. The molecule has 0 rings (SSSR count). The van der Waals surface area contributed by atoms with Crippen molar-refractivity contribution in [1.29, 1.82) is 0 Å². The smallest absolute Gasteiger partial charge is 0.149 e. The summed E-state index contributed by atoms with van der Waals surface area (Å²) in [5.74, 6) is 1.12. The van der Waals surface area contributed by atoms with Gasteiger partial charge in [0.15, 0.2) is 0 Å². The van der Waals surface area contributed by atoms with E-state index in [2.05, 4.69) is 6.58 Å². The summed E-state index contributed by atoms with van der Waals surface area (Å²) < 4.78 is 0. The Morgan fingerprint density at radius 3 is 2.92 bits per heavy atom. The van der Waals surface area contributed by atoms with Gasteiger partial charge in [0.2, 0.25) is 0 Å². The van der Waals surface area contributed by atoms with Crippen LogP contribution in [0.3, 0.4) is 0 Å². The van der Waals surface area contributed by atoms with Crippen LogP contribution in [-0.2, 0) is 4.79 Å². The number of hydrogen-bond acceptors (Lipinski definition) is 3. The number of allylic oxidation sites excluding steroid dienone is 1. The van der Waals surface area contributed by atoms with Gasteiger partial charge in [-0.05, 0) is 24.9 Å². The average molecular weight is 187 g/mol. The van der Waals surface area contributed by atoms with E-state index in [9.17, 15) is 4.79 Å². The lowest BCUT2D eigenvalue weighted by atomic mass is 10.1. The van der Waals surface area contributed by atoms with Gasteiger partial charge in [-0.15, -0.1) is 6.58 Å². The minimum Gasteiger partial charge on any atom is -0.321 e. The predicted octanol–water partition coefficient (Wildman–Crippen LogP) is 1.60. The Hall–Kier alpha value is -0.280. The molecule has 1 atom stereocenters. The summed E-state index contributed by atoms with van der Waals surface area (Å²) in [5.41, 5.74) is 5.65. The molecule has 0 amide bonds. The minimum absolute atomic E-state index is 0.156. The van der Waals surface area contributed by atoms with Crippen LogP contribution in [0.5, 0.6) is 0 Å². The van der Waals surface area contributed by atoms with E-state index in [1.165, 1.54) is 0 Å². The molecule has 0 spiro atoms. The lowest BCUT2D eigenvalue weighted by Crippen LogP contribution is -2.30. The molecule has 0 aliphatic rings. The van der Waals surface area contributed by atoms with Crippen LogP contribution in [-0.4, -0.2) is 23.8 Å². The summed E-state index contributed by atoms with van der Waals surface area (Å²) in [6.45, 7) is 3.56. The molecule has 0 aromatic carbocycles. The third-order valence-corrected chi connectivity index (χ3v) is 2.29. The van der Waals surface area contributed by atoms with Gasteiger partial charge in [0.25, 0.3) is 0 Å². The number of thioether (sulfide) groups is 1. The van der Waals surface area contributed by atoms with Gasteiger partial charge in [-0.3, -0.25) is 4.79 Å². The van der Waals surface area contributed by atoms with Gasteiger partial charge in [-0.1, -0.05) is 6.08 Å². The molecule has 0 aliphatic heterocycles. The Morgan fingerprint density at radius 2 is 2.42 bits per heavy atom. The monoisotopic (exact) mass is 187 g/mol. The zero-order valence-corrected chi connectivity index (χ0v) is 8.40. The highest BCUT2D eigenvalue weighted by Gasteiger charge is 2.10. The molecule has 70 valence electrons. The normalized spacial score (nSPS) is 12.5. The molecule has 12 heavy (non-hydrogen) atoms. The van der Waals surface area contributed by atoms with Crippen molar-refractivity contribution in [1.82, 2.24) is 0 Å². The van der Waals surface area contributed by atoms with Gasteiger partial charge in [0, 0.05) is 6.42 Å². The zero-order valence-electron chi connectivity index (χ0n) is 7.58. The molecule has 0 radical (unpaired) electrons. The van der Waals surface area contributed by atoms with Gasteiger partial charge in [-0.2, -0.15) is 11.8 Å². The molecule has 0 aromatic rings. The highest BCUT2D eigenvalue weighted by molar-refractivity contribution is 7.98. The van der Waals surface area contributed by atoms with Crippen LogP contribution in [0.1, 0.15) is 19.3 Å². The maximum absolute atomic E-state index is 11.2.